The lowest BCUT2D eigenvalue weighted by atomic mass is 9.84. The maximum atomic E-state index is 5.53. The van der Waals surface area contributed by atoms with Gasteiger partial charge in [0.05, 0.1) is 7.11 Å². The minimum absolute atomic E-state index is 0.512. The van der Waals surface area contributed by atoms with E-state index in [1.54, 1.807) is 7.11 Å². The van der Waals surface area contributed by atoms with Gasteiger partial charge in [0.2, 0.25) is 0 Å². The Morgan fingerprint density at radius 3 is 2.42 bits per heavy atom. The zero-order chi connectivity index (χ0) is 14.3. The average Bonchev–Trinajstić information content (AvgIpc) is 2.39. The van der Waals surface area contributed by atoms with Gasteiger partial charge < -0.3 is 10.1 Å². The summed E-state index contributed by atoms with van der Waals surface area (Å²) in [6.07, 6.45) is 2.48. The molecule has 1 rings (SSSR count). The first kappa shape index (κ1) is 16.0. The van der Waals surface area contributed by atoms with Crippen molar-refractivity contribution in [2.45, 2.75) is 52.5 Å². The molecule has 0 aromatic heterocycles. The topological polar surface area (TPSA) is 21.3 Å². The van der Waals surface area contributed by atoms with Gasteiger partial charge in [-0.25, -0.2) is 0 Å². The molecule has 2 heteroatoms. The Kier molecular flexibility index (Phi) is 6.93. The molecule has 19 heavy (non-hydrogen) atoms. The van der Waals surface area contributed by atoms with E-state index in [0.717, 1.165) is 12.3 Å². The van der Waals surface area contributed by atoms with Crippen LogP contribution < -0.4 is 10.1 Å². The summed E-state index contributed by atoms with van der Waals surface area (Å²) < 4.78 is 5.53. The van der Waals surface area contributed by atoms with Gasteiger partial charge in [-0.1, -0.05) is 58.7 Å². The first-order chi connectivity index (χ1) is 9.10. The molecule has 0 aliphatic carbocycles. The third kappa shape index (κ3) is 4.87. The number of ether oxygens (including phenoxy) is 1. The van der Waals surface area contributed by atoms with Crippen molar-refractivity contribution in [2.24, 2.45) is 5.92 Å². The Labute approximate surface area is 118 Å². The highest BCUT2D eigenvalue weighted by atomic mass is 16.5. The van der Waals surface area contributed by atoms with Crippen LogP contribution >= 0.6 is 0 Å². The minimum atomic E-state index is 0.512. The van der Waals surface area contributed by atoms with Crippen LogP contribution in [0.1, 0.15) is 52.0 Å². The van der Waals surface area contributed by atoms with Crippen LogP contribution in [0.3, 0.4) is 0 Å². The van der Waals surface area contributed by atoms with Crippen molar-refractivity contribution in [2.75, 3.05) is 13.7 Å². The molecule has 0 aliphatic rings. The lowest BCUT2D eigenvalue weighted by Gasteiger charge is -2.27. The number of nitrogens with one attached hydrogen (secondary N) is 1. The van der Waals surface area contributed by atoms with Gasteiger partial charge in [0.1, 0.15) is 5.75 Å². The van der Waals surface area contributed by atoms with Crippen molar-refractivity contribution in [3.05, 3.63) is 29.8 Å². The quantitative estimate of drug-likeness (QED) is 0.758. The Balaban J connectivity index is 2.93. The van der Waals surface area contributed by atoms with E-state index in [0.29, 0.717) is 17.9 Å². The largest absolute Gasteiger partial charge is 0.496 e. The van der Waals surface area contributed by atoms with E-state index < -0.39 is 0 Å². The van der Waals surface area contributed by atoms with E-state index in [9.17, 15) is 0 Å². The number of benzene rings is 1. The van der Waals surface area contributed by atoms with Gasteiger partial charge in [0, 0.05) is 18.5 Å². The van der Waals surface area contributed by atoms with Crippen molar-refractivity contribution in [1.82, 2.24) is 5.32 Å². The Morgan fingerprint density at radius 1 is 1.16 bits per heavy atom. The molecule has 2 unspecified atom stereocenters. The van der Waals surface area contributed by atoms with Crippen LogP contribution in [-0.2, 0) is 0 Å². The zero-order valence-corrected chi connectivity index (χ0v) is 13.1. The van der Waals surface area contributed by atoms with Crippen molar-refractivity contribution >= 4 is 0 Å². The molecule has 0 saturated heterocycles. The molecule has 0 fully saturated rings. The molecule has 0 amide bonds. The Morgan fingerprint density at radius 2 is 1.84 bits per heavy atom. The van der Waals surface area contributed by atoms with Gasteiger partial charge in [-0.15, -0.1) is 0 Å². The molecule has 108 valence electrons. The number of para-hydroxylation sites is 1. The van der Waals surface area contributed by atoms with Crippen LogP contribution in [-0.4, -0.2) is 19.7 Å². The summed E-state index contributed by atoms with van der Waals surface area (Å²) in [6, 6.07) is 8.94. The molecular formula is C17H29NO. The maximum Gasteiger partial charge on any atom is 0.122 e. The number of hydrogen-bond donors (Lipinski definition) is 1. The summed E-state index contributed by atoms with van der Waals surface area (Å²) in [7, 11) is 1.76. The summed E-state index contributed by atoms with van der Waals surface area (Å²) >= 11 is 0. The van der Waals surface area contributed by atoms with E-state index in [1.807, 2.05) is 6.07 Å². The predicted octanol–water partition coefficient (Wildman–Crippen LogP) is 4.21. The minimum Gasteiger partial charge on any atom is -0.496 e. The molecule has 0 heterocycles. The molecule has 2 nitrogen and oxygen atoms in total. The van der Waals surface area contributed by atoms with Crippen LogP contribution in [0, 0.1) is 5.92 Å². The molecule has 0 bridgehead atoms. The summed E-state index contributed by atoms with van der Waals surface area (Å²) in [5.41, 5.74) is 1.33. The summed E-state index contributed by atoms with van der Waals surface area (Å²) in [5.74, 6) is 2.19. The predicted molar refractivity (Wildman–Crippen MR) is 82.9 cm³/mol. The highest BCUT2D eigenvalue weighted by molar-refractivity contribution is 5.36. The third-order valence-electron chi connectivity index (χ3n) is 3.72. The van der Waals surface area contributed by atoms with E-state index in [1.165, 1.54) is 18.4 Å². The van der Waals surface area contributed by atoms with Crippen molar-refractivity contribution in [3.63, 3.8) is 0 Å². The summed E-state index contributed by atoms with van der Waals surface area (Å²) in [6.45, 7) is 10.0. The average molecular weight is 263 g/mol. The molecule has 0 saturated carbocycles. The lowest BCUT2D eigenvalue weighted by molar-refractivity contribution is 0.364. The van der Waals surface area contributed by atoms with Gasteiger partial charge >= 0.3 is 0 Å². The molecule has 0 aliphatic heterocycles. The Bertz CT molecular complexity index is 362. The van der Waals surface area contributed by atoms with Crippen LogP contribution in [0.15, 0.2) is 24.3 Å². The Hall–Kier alpha value is -1.02. The van der Waals surface area contributed by atoms with Crippen molar-refractivity contribution in [3.8, 4) is 5.75 Å². The van der Waals surface area contributed by atoms with Crippen molar-refractivity contribution in [1.29, 1.82) is 0 Å². The highest BCUT2D eigenvalue weighted by Gasteiger charge is 2.21. The molecule has 1 aromatic rings. The third-order valence-corrected chi connectivity index (χ3v) is 3.72. The monoisotopic (exact) mass is 263 g/mol. The highest BCUT2D eigenvalue weighted by Crippen LogP contribution is 2.33. The first-order valence-corrected chi connectivity index (χ1v) is 7.46. The standard InChI is InChI=1S/C17H29NO/c1-6-9-14(4)16(12-18-13(2)3)15-10-7-8-11-17(15)19-5/h7-8,10-11,13-14,16,18H,6,9,12H2,1-5H3. The number of hydrogen-bond acceptors (Lipinski definition) is 2. The number of methoxy groups -OCH3 is 1. The van der Waals surface area contributed by atoms with Gasteiger partial charge in [-0.3, -0.25) is 0 Å². The first-order valence-electron chi connectivity index (χ1n) is 7.46. The summed E-state index contributed by atoms with van der Waals surface area (Å²) in [4.78, 5) is 0. The maximum absolute atomic E-state index is 5.53. The zero-order valence-electron chi connectivity index (χ0n) is 13.1. The molecule has 0 radical (unpaired) electrons. The molecule has 2 atom stereocenters. The smallest absolute Gasteiger partial charge is 0.122 e. The fraction of sp³-hybridized carbons (Fsp3) is 0.647. The lowest BCUT2D eigenvalue weighted by Crippen LogP contribution is -2.31. The molecule has 1 aromatic carbocycles. The van der Waals surface area contributed by atoms with Gasteiger partial charge in [0.25, 0.3) is 0 Å². The number of rotatable bonds is 8. The van der Waals surface area contributed by atoms with Gasteiger partial charge in [-0.2, -0.15) is 0 Å². The van der Waals surface area contributed by atoms with Gasteiger partial charge in [0.15, 0.2) is 0 Å². The molecule has 0 spiro atoms. The van der Waals surface area contributed by atoms with E-state index in [-0.39, 0.29) is 0 Å². The van der Waals surface area contributed by atoms with E-state index >= 15 is 0 Å². The molecular weight excluding hydrogens is 234 g/mol. The second-order valence-corrected chi connectivity index (χ2v) is 5.68. The SMILES string of the molecule is CCCC(C)C(CNC(C)C)c1ccccc1OC. The summed E-state index contributed by atoms with van der Waals surface area (Å²) in [5, 5.41) is 3.58. The van der Waals surface area contributed by atoms with E-state index in [2.05, 4.69) is 51.2 Å². The van der Waals surface area contributed by atoms with Crippen LogP contribution in [0.4, 0.5) is 0 Å². The van der Waals surface area contributed by atoms with E-state index in [4.69, 9.17) is 4.74 Å². The van der Waals surface area contributed by atoms with Crippen LogP contribution in [0.5, 0.6) is 5.75 Å². The second-order valence-electron chi connectivity index (χ2n) is 5.68. The molecule has 1 N–H and O–H groups in total. The van der Waals surface area contributed by atoms with Crippen LogP contribution in [0.2, 0.25) is 0 Å². The van der Waals surface area contributed by atoms with Crippen molar-refractivity contribution < 1.29 is 4.74 Å². The fourth-order valence-electron chi connectivity index (χ4n) is 2.61. The fourth-order valence-corrected chi connectivity index (χ4v) is 2.61. The normalized spacial score (nSPS) is 14.4. The second kappa shape index (κ2) is 8.21. The van der Waals surface area contributed by atoms with Gasteiger partial charge in [-0.05, 0) is 17.5 Å². The van der Waals surface area contributed by atoms with Crippen LogP contribution in [0.25, 0.3) is 0 Å².